The largest absolute Gasteiger partial charge is 0.352 e. The van der Waals surface area contributed by atoms with Crippen molar-refractivity contribution in [2.24, 2.45) is 0 Å². The number of hydrogen-bond acceptors (Lipinski definition) is 4. The van der Waals surface area contributed by atoms with Gasteiger partial charge in [-0.15, -0.1) is 0 Å². The Morgan fingerprint density at radius 1 is 0.900 bits per heavy atom. The van der Waals surface area contributed by atoms with Gasteiger partial charge in [0.15, 0.2) is 0 Å². The van der Waals surface area contributed by atoms with Crippen molar-refractivity contribution in [1.29, 1.82) is 0 Å². The van der Waals surface area contributed by atoms with Crippen LogP contribution in [0, 0.1) is 6.92 Å². The number of hydrogen-bond donors (Lipinski definition) is 1. The van der Waals surface area contributed by atoms with E-state index in [1.807, 2.05) is 75.4 Å². The number of anilines is 1. The number of halogens is 1. The minimum Gasteiger partial charge on any atom is -0.352 e. The molecule has 214 valence electrons. The second-order valence-corrected chi connectivity index (χ2v) is 12.6. The van der Waals surface area contributed by atoms with Gasteiger partial charge in [0, 0.05) is 37.0 Å². The highest BCUT2D eigenvalue weighted by Crippen LogP contribution is 2.22. The van der Waals surface area contributed by atoms with Crippen LogP contribution < -0.4 is 9.62 Å². The first kappa shape index (κ1) is 31.2. The topological polar surface area (TPSA) is 86.8 Å². The van der Waals surface area contributed by atoms with E-state index in [0.29, 0.717) is 17.1 Å². The van der Waals surface area contributed by atoms with Crippen LogP contribution in [-0.2, 0) is 32.6 Å². The normalized spacial score (nSPS) is 12.2. The van der Waals surface area contributed by atoms with Crippen LogP contribution in [0.15, 0.2) is 78.9 Å². The number of amides is 2. The van der Waals surface area contributed by atoms with Crippen molar-refractivity contribution in [3.63, 3.8) is 0 Å². The minimum atomic E-state index is -3.58. The fourth-order valence-electron chi connectivity index (χ4n) is 4.44. The highest BCUT2D eigenvalue weighted by atomic mass is 35.5. The summed E-state index contributed by atoms with van der Waals surface area (Å²) in [7, 11) is -3.58. The number of nitrogens with one attached hydrogen (secondary N) is 1. The van der Waals surface area contributed by atoms with Crippen molar-refractivity contribution < 1.29 is 18.0 Å². The van der Waals surface area contributed by atoms with Gasteiger partial charge in [-0.1, -0.05) is 71.8 Å². The van der Waals surface area contributed by atoms with Crippen LogP contribution in [0.4, 0.5) is 5.69 Å². The molecule has 0 heterocycles. The molecule has 0 aliphatic heterocycles. The Kier molecular flexibility index (Phi) is 11.2. The summed E-state index contributed by atoms with van der Waals surface area (Å²) in [4.78, 5) is 28.9. The van der Waals surface area contributed by atoms with Crippen LogP contribution in [0.1, 0.15) is 43.4 Å². The molecule has 3 aromatic rings. The summed E-state index contributed by atoms with van der Waals surface area (Å²) in [6.07, 6.45) is 1.85. The van der Waals surface area contributed by atoms with Crippen molar-refractivity contribution in [2.45, 2.75) is 58.7 Å². The number of carbonyl (C=O) groups excluding carboxylic acids is 2. The molecule has 0 saturated carbocycles. The van der Waals surface area contributed by atoms with Gasteiger partial charge in [-0.3, -0.25) is 13.9 Å². The quantitative estimate of drug-likeness (QED) is 0.293. The second-order valence-electron chi connectivity index (χ2n) is 10.3. The summed E-state index contributed by atoms with van der Waals surface area (Å²) in [6, 6.07) is 23.2. The smallest absolute Gasteiger partial charge is 0.243 e. The SMILES string of the molecule is Cc1ccc(CN(C(=O)CCCN(c2ccc(Cl)cc2)S(C)(=O)=O)C(Cc2ccccc2)C(=O)NC(C)C)cc1. The molecule has 40 heavy (non-hydrogen) atoms. The molecule has 3 rings (SSSR count). The zero-order valence-electron chi connectivity index (χ0n) is 23.5. The molecule has 1 N–H and O–H groups in total. The summed E-state index contributed by atoms with van der Waals surface area (Å²) in [5.74, 6) is -0.441. The molecule has 1 atom stereocenters. The monoisotopic (exact) mass is 583 g/mol. The van der Waals surface area contributed by atoms with E-state index >= 15 is 0 Å². The van der Waals surface area contributed by atoms with Gasteiger partial charge in [0.1, 0.15) is 6.04 Å². The van der Waals surface area contributed by atoms with E-state index in [9.17, 15) is 18.0 Å². The van der Waals surface area contributed by atoms with Crippen LogP contribution in [-0.4, -0.2) is 50.0 Å². The van der Waals surface area contributed by atoms with Crippen molar-refractivity contribution in [3.05, 3.63) is 101 Å². The maximum absolute atomic E-state index is 13.8. The molecule has 0 aliphatic carbocycles. The second kappa shape index (κ2) is 14.3. The summed E-state index contributed by atoms with van der Waals surface area (Å²) in [5, 5.41) is 3.49. The number of benzene rings is 3. The van der Waals surface area contributed by atoms with E-state index in [-0.39, 0.29) is 43.8 Å². The molecule has 0 bridgehead atoms. The highest BCUT2D eigenvalue weighted by molar-refractivity contribution is 7.92. The van der Waals surface area contributed by atoms with Crippen LogP contribution >= 0.6 is 11.6 Å². The van der Waals surface area contributed by atoms with E-state index in [1.54, 1.807) is 29.2 Å². The van der Waals surface area contributed by atoms with Crippen molar-refractivity contribution in [3.8, 4) is 0 Å². The first-order chi connectivity index (χ1) is 18.9. The summed E-state index contributed by atoms with van der Waals surface area (Å²) >= 11 is 5.98. The molecule has 0 saturated heterocycles. The van der Waals surface area contributed by atoms with E-state index in [0.717, 1.165) is 22.9 Å². The maximum atomic E-state index is 13.8. The molecule has 9 heteroatoms. The van der Waals surface area contributed by atoms with Crippen LogP contribution in [0.5, 0.6) is 0 Å². The molecule has 7 nitrogen and oxygen atoms in total. The van der Waals surface area contributed by atoms with Gasteiger partial charge in [-0.25, -0.2) is 8.42 Å². The molecule has 0 aromatic heterocycles. The lowest BCUT2D eigenvalue weighted by molar-refractivity contribution is -0.141. The molecule has 0 fully saturated rings. The first-order valence-electron chi connectivity index (χ1n) is 13.4. The zero-order chi connectivity index (χ0) is 29.3. The Morgan fingerprint density at radius 2 is 1.52 bits per heavy atom. The van der Waals surface area contributed by atoms with Gasteiger partial charge >= 0.3 is 0 Å². The summed E-state index contributed by atoms with van der Waals surface area (Å²) in [6.45, 7) is 6.15. The van der Waals surface area contributed by atoms with Crippen LogP contribution in [0.25, 0.3) is 0 Å². The third kappa shape index (κ3) is 9.38. The Labute approximate surface area is 243 Å². The predicted octanol–water partition coefficient (Wildman–Crippen LogP) is 5.36. The van der Waals surface area contributed by atoms with E-state index in [1.165, 1.54) is 4.31 Å². The molecule has 3 aromatic carbocycles. The summed E-state index contributed by atoms with van der Waals surface area (Å²) < 4.78 is 26.4. The van der Waals surface area contributed by atoms with E-state index in [4.69, 9.17) is 11.6 Å². The lowest BCUT2D eigenvalue weighted by Gasteiger charge is -2.32. The van der Waals surface area contributed by atoms with Gasteiger partial charge in [0.05, 0.1) is 11.9 Å². The highest BCUT2D eigenvalue weighted by Gasteiger charge is 2.31. The Bertz CT molecular complexity index is 1360. The van der Waals surface area contributed by atoms with E-state index in [2.05, 4.69) is 5.32 Å². The Hall–Kier alpha value is -3.36. The third-order valence-electron chi connectivity index (χ3n) is 6.44. The number of carbonyl (C=O) groups is 2. The number of aryl methyl sites for hydroxylation is 1. The van der Waals surface area contributed by atoms with Crippen molar-refractivity contribution in [1.82, 2.24) is 10.2 Å². The van der Waals surface area contributed by atoms with Gasteiger partial charge in [-0.05, 0) is 62.6 Å². The van der Waals surface area contributed by atoms with E-state index < -0.39 is 16.1 Å². The lowest BCUT2D eigenvalue weighted by Crippen LogP contribution is -2.51. The molecule has 1 unspecified atom stereocenters. The number of rotatable bonds is 13. The predicted molar refractivity (Wildman–Crippen MR) is 162 cm³/mol. The molecule has 2 amide bonds. The minimum absolute atomic E-state index is 0.0751. The summed E-state index contributed by atoms with van der Waals surface area (Å²) in [5.41, 5.74) is 3.43. The zero-order valence-corrected chi connectivity index (χ0v) is 25.1. The molecule has 0 spiro atoms. The number of nitrogens with zero attached hydrogens (tertiary/aromatic N) is 2. The van der Waals surface area contributed by atoms with Crippen molar-refractivity contribution >= 4 is 39.1 Å². The molecular weight excluding hydrogens is 546 g/mol. The Balaban J connectivity index is 1.87. The van der Waals surface area contributed by atoms with Gasteiger partial charge in [-0.2, -0.15) is 0 Å². The lowest BCUT2D eigenvalue weighted by atomic mass is 10.0. The van der Waals surface area contributed by atoms with Crippen molar-refractivity contribution in [2.75, 3.05) is 17.1 Å². The first-order valence-corrected chi connectivity index (χ1v) is 15.6. The Morgan fingerprint density at radius 3 is 2.10 bits per heavy atom. The van der Waals surface area contributed by atoms with Gasteiger partial charge in [0.2, 0.25) is 21.8 Å². The molecular formula is C31H38ClN3O4S. The maximum Gasteiger partial charge on any atom is 0.243 e. The average Bonchev–Trinajstić information content (AvgIpc) is 2.90. The fraction of sp³-hybridized carbons (Fsp3) is 0.355. The van der Waals surface area contributed by atoms with Gasteiger partial charge < -0.3 is 10.2 Å². The average molecular weight is 584 g/mol. The van der Waals surface area contributed by atoms with Gasteiger partial charge in [0.25, 0.3) is 0 Å². The standard InChI is InChI=1S/C31H38ClN3O4S/c1-23(2)33-31(37)29(21-25-9-6-5-7-10-25)34(22-26-14-12-24(3)13-15-26)30(36)11-8-20-35(40(4,38)39)28-18-16-27(32)17-19-28/h5-7,9-10,12-19,23,29H,8,11,20-22H2,1-4H3,(H,33,37). The van der Waals surface area contributed by atoms with Crippen LogP contribution in [0.3, 0.4) is 0 Å². The molecule has 0 radical (unpaired) electrons. The van der Waals surface area contributed by atoms with Crippen LogP contribution in [0.2, 0.25) is 5.02 Å². The third-order valence-corrected chi connectivity index (χ3v) is 7.89. The fourth-order valence-corrected chi connectivity index (χ4v) is 5.53. The molecule has 0 aliphatic rings. The number of sulfonamides is 1.